The minimum absolute atomic E-state index is 0.457. The second-order valence-corrected chi connectivity index (χ2v) is 2.96. The second kappa shape index (κ2) is 4.15. The maximum atomic E-state index is 12.5. The van der Waals surface area contributed by atoms with E-state index in [1.54, 1.807) is 0 Å². The summed E-state index contributed by atoms with van der Waals surface area (Å²) >= 11 is 0. The molecule has 0 fully saturated rings. The molecule has 0 amide bonds. The zero-order chi connectivity index (χ0) is 13.4. The molecule has 0 bridgehead atoms. The van der Waals surface area contributed by atoms with Crippen LogP contribution in [-0.4, -0.2) is 16.1 Å². The quantitative estimate of drug-likeness (QED) is 0.796. The lowest BCUT2D eigenvalue weighted by atomic mass is 10.1. The van der Waals surface area contributed by atoms with E-state index in [0.29, 0.717) is 6.07 Å². The summed E-state index contributed by atoms with van der Waals surface area (Å²) in [5.41, 5.74) is 0.0722. The molecular formula is C8H5F5N2O2. The van der Waals surface area contributed by atoms with Crippen LogP contribution in [0.15, 0.2) is 6.07 Å². The molecule has 1 aromatic rings. The molecule has 4 nitrogen and oxygen atoms in total. The van der Waals surface area contributed by atoms with E-state index >= 15 is 0 Å². The molecule has 1 aromatic heterocycles. The minimum atomic E-state index is -5.20. The average molecular weight is 256 g/mol. The number of rotatable bonds is 2. The first kappa shape index (κ1) is 13.1. The normalized spacial score (nSPS) is 11.9. The number of nitrogens with two attached hydrogens (primary N) is 1. The molecule has 0 aliphatic rings. The van der Waals surface area contributed by atoms with Crippen molar-refractivity contribution in [2.24, 2.45) is 0 Å². The Hall–Kier alpha value is -1.93. The van der Waals surface area contributed by atoms with Gasteiger partial charge in [-0.25, -0.2) is 18.6 Å². The van der Waals surface area contributed by atoms with Gasteiger partial charge in [0.1, 0.15) is 5.82 Å². The summed E-state index contributed by atoms with van der Waals surface area (Å²) in [5, 5.41) is 8.55. The molecule has 0 aromatic carbocycles. The van der Waals surface area contributed by atoms with Gasteiger partial charge in [0.2, 0.25) is 0 Å². The van der Waals surface area contributed by atoms with Crippen molar-refractivity contribution in [2.75, 3.05) is 5.73 Å². The molecular weight excluding hydrogens is 251 g/mol. The van der Waals surface area contributed by atoms with Crippen molar-refractivity contribution in [1.29, 1.82) is 0 Å². The summed E-state index contributed by atoms with van der Waals surface area (Å²) in [5.74, 6) is -2.72. The SMILES string of the molecule is Nc1cc(C(=O)O)c(C(F)F)c(C(F)(F)F)n1. The number of nitrogens with zero attached hydrogens (tertiary/aromatic N) is 1. The van der Waals surface area contributed by atoms with Gasteiger partial charge in [0.25, 0.3) is 6.43 Å². The van der Waals surface area contributed by atoms with Gasteiger partial charge in [-0.1, -0.05) is 0 Å². The highest BCUT2D eigenvalue weighted by atomic mass is 19.4. The molecule has 9 heteroatoms. The van der Waals surface area contributed by atoms with Crippen molar-refractivity contribution >= 4 is 11.8 Å². The topological polar surface area (TPSA) is 76.2 Å². The first-order valence-corrected chi connectivity index (χ1v) is 4.03. The van der Waals surface area contributed by atoms with E-state index < -0.39 is 41.2 Å². The molecule has 0 saturated heterocycles. The minimum Gasteiger partial charge on any atom is -0.478 e. The molecule has 0 aliphatic carbocycles. The van der Waals surface area contributed by atoms with Crippen LogP contribution in [0, 0.1) is 0 Å². The van der Waals surface area contributed by atoms with Crippen LogP contribution in [-0.2, 0) is 6.18 Å². The van der Waals surface area contributed by atoms with Crippen LogP contribution in [0.3, 0.4) is 0 Å². The van der Waals surface area contributed by atoms with Gasteiger partial charge in [0.15, 0.2) is 5.69 Å². The van der Waals surface area contributed by atoms with Gasteiger partial charge in [-0.15, -0.1) is 0 Å². The number of carboxylic acids is 1. The lowest BCUT2D eigenvalue weighted by Crippen LogP contribution is -2.18. The Morgan fingerprint density at radius 3 is 2.29 bits per heavy atom. The van der Waals surface area contributed by atoms with Crippen molar-refractivity contribution in [3.05, 3.63) is 22.9 Å². The summed E-state index contributed by atoms with van der Waals surface area (Å²) in [6, 6.07) is 0.457. The Bertz CT molecular complexity index is 458. The van der Waals surface area contributed by atoms with Gasteiger partial charge >= 0.3 is 12.1 Å². The molecule has 94 valence electrons. The fraction of sp³-hybridized carbons (Fsp3) is 0.250. The fourth-order valence-electron chi connectivity index (χ4n) is 1.19. The molecule has 0 spiro atoms. The number of aromatic nitrogens is 1. The number of nitrogen functional groups attached to an aromatic ring is 1. The standard InChI is InChI=1S/C8H5F5N2O2/c9-6(10)4-2(7(16)17)1-3(14)15-5(4)8(11,12)13/h1,6H,(H2,14,15)(H,16,17). The zero-order valence-corrected chi connectivity index (χ0v) is 7.92. The number of hydrogen-bond donors (Lipinski definition) is 2. The highest BCUT2D eigenvalue weighted by molar-refractivity contribution is 5.90. The molecule has 0 unspecified atom stereocenters. The highest BCUT2D eigenvalue weighted by Crippen LogP contribution is 2.37. The van der Waals surface area contributed by atoms with E-state index in [1.165, 1.54) is 0 Å². The van der Waals surface area contributed by atoms with E-state index in [9.17, 15) is 26.7 Å². The van der Waals surface area contributed by atoms with E-state index in [2.05, 4.69) is 4.98 Å². The Morgan fingerprint density at radius 1 is 1.41 bits per heavy atom. The molecule has 1 heterocycles. The molecule has 3 N–H and O–H groups in total. The summed E-state index contributed by atoms with van der Waals surface area (Å²) in [6.45, 7) is 0. The first-order valence-electron chi connectivity index (χ1n) is 4.03. The Morgan fingerprint density at radius 2 is 1.94 bits per heavy atom. The van der Waals surface area contributed by atoms with Crippen molar-refractivity contribution in [3.8, 4) is 0 Å². The summed E-state index contributed by atoms with van der Waals surface area (Å²) < 4.78 is 62.1. The van der Waals surface area contributed by atoms with E-state index in [1.807, 2.05) is 0 Å². The van der Waals surface area contributed by atoms with Gasteiger partial charge < -0.3 is 10.8 Å². The maximum Gasteiger partial charge on any atom is 0.433 e. The van der Waals surface area contributed by atoms with Crippen LogP contribution in [0.4, 0.5) is 27.8 Å². The van der Waals surface area contributed by atoms with E-state index in [-0.39, 0.29) is 0 Å². The molecule has 1 rings (SSSR count). The zero-order valence-electron chi connectivity index (χ0n) is 7.92. The summed E-state index contributed by atoms with van der Waals surface area (Å²) in [6.07, 6.45) is -8.82. The predicted octanol–water partition coefficient (Wildman–Crippen LogP) is 2.32. The van der Waals surface area contributed by atoms with Crippen molar-refractivity contribution in [2.45, 2.75) is 12.6 Å². The van der Waals surface area contributed by atoms with Crippen LogP contribution in [0.5, 0.6) is 0 Å². The number of pyridine rings is 1. The molecule has 0 aliphatic heterocycles. The number of anilines is 1. The highest BCUT2D eigenvalue weighted by Gasteiger charge is 2.40. The van der Waals surface area contributed by atoms with Crippen molar-refractivity contribution < 1.29 is 31.9 Å². The van der Waals surface area contributed by atoms with Crippen LogP contribution in [0.1, 0.15) is 28.0 Å². The molecule has 17 heavy (non-hydrogen) atoms. The smallest absolute Gasteiger partial charge is 0.433 e. The van der Waals surface area contributed by atoms with Crippen molar-refractivity contribution in [3.63, 3.8) is 0 Å². The lowest BCUT2D eigenvalue weighted by Gasteiger charge is -2.14. The van der Waals surface area contributed by atoms with Crippen LogP contribution < -0.4 is 5.73 Å². The maximum absolute atomic E-state index is 12.5. The van der Waals surface area contributed by atoms with Crippen LogP contribution in [0.25, 0.3) is 0 Å². The van der Waals surface area contributed by atoms with E-state index in [4.69, 9.17) is 10.8 Å². The Kier molecular flexibility index (Phi) is 3.21. The van der Waals surface area contributed by atoms with Gasteiger partial charge in [0.05, 0.1) is 11.1 Å². The third kappa shape index (κ3) is 2.60. The van der Waals surface area contributed by atoms with Gasteiger partial charge in [-0.05, 0) is 6.07 Å². The molecule has 0 saturated carbocycles. The lowest BCUT2D eigenvalue weighted by molar-refractivity contribution is -0.143. The third-order valence-electron chi connectivity index (χ3n) is 1.80. The van der Waals surface area contributed by atoms with Crippen molar-refractivity contribution in [1.82, 2.24) is 4.98 Å². The number of carbonyl (C=O) groups is 1. The largest absolute Gasteiger partial charge is 0.478 e. The Balaban J connectivity index is 3.64. The van der Waals surface area contributed by atoms with Gasteiger partial charge in [0, 0.05) is 0 Å². The van der Waals surface area contributed by atoms with Gasteiger partial charge in [-0.3, -0.25) is 0 Å². The molecule has 0 radical (unpaired) electrons. The number of aromatic carboxylic acids is 1. The summed E-state index contributed by atoms with van der Waals surface area (Å²) in [4.78, 5) is 13.3. The fourth-order valence-corrected chi connectivity index (χ4v) is 1.19. The third-order valence-corrected chi connectivity index (χ3v) is 1.80. The number of hydrogen-bond acceptors (Lipinski definition) is 3. The van der Waals surface area contributed by atoms with Crippen LogP contribution >= 0.6 is 0 Å². The van der Waals surface area contributed by atoms with Crippen LogP contribution in [0.2, 0.25) is 0 Å². The number of alkyl halides is 5. The summed E-state index contributed by atoms with van der Waals surface area (Å²) in [7, 11) is 0. The first-order chi connectivity index (χ1) is 7.64. The number of halogens is 5. The van der Waals surface area contributed by atoms with Gasteiger partial charge in [-0.2, -0.15) is 13.2 Å². The van der Waals surface area contributed by atoms with E-state index in [0.717, 1.165) is 0 Å². The second-order valence-electron chi connectivity index (χ2n) is 2.96. The predicted molar refractivity (Wildman–Crippen MR) is 45.6 cm³/mol. The number of carboxylic acid groups (broad SMARTS) is 1. The average Bonchev–Trinajstić information content (AvgIpc) is 2.14. The Labute approximate surface area is 90.9 Å². The molecule has 0 atom stereocenters. The monoisotopic (exact) mass is 256 g/mol.